The summed E-state index contributed by atoms with van der Waals surface area (Å²) in [4.78, 5) is 0. The van der Waals surface area contributed by atoms with Gasteiger partial charge >= 0.3 is 0 Å². The first-order chi connectivity index (χ1) is 4.84. The van der Waals surface area contributed by atoms with E-state index in [0.29, 0.717) is 0 Å². The lowest BCUT2D eigenvalue weighted by molar-refractivity contribution is 0.0455. The van der Waals surface area contributed by atoms with Crippen molar-refractivity contribution in [3.05, 3.63) is 12.2 Å². The van der Waals surface area contributed by atoms with E-state index in [0.717, 1.165) is 12.1 Å². The van der Waals surface area contributed by atoms with Gasteiger partial charge in [-0.2, -0.15) is 0 Å². The van der Waals surface area contributed by atoms with Crippen LogP contribution in [0, 0.1) is 0 Å². The lowest BCUT2D eigenvalue weighted by Gasteiger charge is -2.26. The Labute approximate surface area is 69.3 Å². The summed E-state index contributed by atoms with van der Waals surface area (Å²) in [5.74, 6) is 0. The third kappa shape index (κ3) is 4.99. The van der Waals surface area contributed by atoms with E-state index in [1.165, 1.54) is 0 Å². The normalized spacial score (nSPS) is 14.6. The fourth-order valence-corrected chi connectivity index (χ4v) is 0.577. The van der Waals surface area contributed by atoms with Crippen LogP contribution in [0.25, 0.3) is 0 Å². The van der Waals surface area contributed by atoms with Gasteiger partial charge in [0.1, 0.15) is 0 Å². The Morgan fingerprint density at radius 3 is 2.36 bits per heavy atom. The van der Waals surface area contributed by atoms with E-state index in [2.05, 4.69) is 11.9 Å². The second-order valence-electron chi connectivity index (χ2n) is 3.71. The van der Waals surface area contributed by atoms with Crippen molar-refractivity contribution >= 4 is 0 Å². The maximum atomic E-state index is 9.51. The van der Waals surface area contributed by atoms with Crippen molar-refractivity contribution in [1.29, 1.82) is 0 Å². The van der Waals surface area contributed by atoms with Crippen molar-refractivity contribution < 1.29 is 5.11 Å². The number of rotatable bonds is 4. The molecule has 66 valence electrons. The molecule has 1 atom stereocenters. The molecule has 0 aromatic rings. The first-order valence-electron chi connectivity index (χ1n) is 3.94. The zero-order chi connectivity index (χ0) is 9.07. The second kappa shape index (κ2) is 3.88. The van der Waals surface area contributed by atoms with Gasteiger partial charge < -0.3 is 10.4 Å². The van der Waals surface area contributed by atoms with Crippen LogP contribution in [0.2, 0.25) is 0 Å². The van der Waals surface area contributed by atoms with E-state index in [9.17, 15) is 5.11 Å². The van der Waals surface area contributed by atoms with Gasteiger partial charge in [-0.15, -0.1) is 0 Å². The highest BCUT2D eigenvalue weighted by Crippen LogP contribution is 2.07. The Balaban J connectivity index is 3.70. The van der Waals surface area contributed by atoms with Crippen LogP contribution >= 0.6 is 0 Å². The van der Waals surface area contributed by atoms with Gasteiger partial charge in [-0.25, -0.2) is 0 Å². The smallest absolute Gasteiger partial charge is 0.0741 e. The molecular formula is C9H19NO. The summed E-state index contributed by atoms with van der Waals surface area (Å²) in [6, 6.07) is 0.0965. The number of aliphatic hydroxyl groups is 1. The molecule has 0 rings (SSSR count). The van der Waals surface area contributed by atoms with Gasteiger partial charge in [-0.05, 0) is 27.7 Å². The molecule has 0 saturated carbocycles. The summed E-state index contributed by atoms with van der Waals surface area (Å²) >= 11 is 0. The van der Waals surface area contributed by atoms with Gasteiger partial charge in [0, 0.05) is 12.6 Å². The third-order valence-electron chi connectivity index (χ3n) is 1.77. The molecule has 0 aromatic carbocycles. The Morgan fingerprint density at radius 1 is 1.64 bits per heavy atom. The second-order valence-corrected chi connectivity index (χ2v) is 3.71. The number of hydrogen-bond donors (Lipinski definition) is 2. The van der Waals surface area contributed by atoms with Crippen molar-refractivity contribution in [2.24, 2.45) is 0 Å². The molecule has 0 amide bonds. The standard InChI is InChI=1S/C9H19NO/c1-7(2)6-10-8(3)9(4,5)11/h8,10-11H,1,6H2,2-5H3. The Kier molecular flexibility index (Phi) is 3.76. The summed E-state index contributed by atoms with van der Waals surface area (Å²) in [7, 11) is 0. The van der Waals surface area contributed by atoms with E-state index in [-0.39, 0.29) is 6.04 Å². The maximum absolute atomic E-state index is 9.51. The molecule has 0 radical (unpaired) electrons. The largest absolute Gasteiger partial charge is 0.389 e. The van der Waals surface area contributed by atoms with Crippen molar-refractivity contribution in [2.45, 2.75) is 39.3 Å². The summed E-state index contributed by atoms with van der Waals surface area (Å²) in [5, 5.41) is 12.7. The molecule has 0 heterocycles. The highest BCUT2D eigenvalue weighted by atomic mass is 16.3. The molecule has 2 N–H and O–H groups in total. The zero-order valence-corrected chi connectivity index (χ0v) is 7.94. The van der Waals surface area contributed by atoms with Crippen LogP contribution in [0.4, 0.5) is 0 Å². The average molecular weight is 157 g/mol. The zero-order valence-electron chi connectivity index (χ0n) is 7.94. The summed E-state index contributed by atoms with van der Waals surface area (Å²) in [5.41, 5.74) is 0.427. The van der Waals surface area contributed by atoms with Gasteiger partial charge in [-0.3, -0.25) is 0 Å². The minimum Gasteiger partial charge on any atom is -0.389 e. The molecule has 0 bridgehead atoms. The molecule has 11 heavy (non-hydrogen) atoms. The van der Waals surface area contributed by atoms with Crippen molar-refractivity contribution in [3.8, 4) is 0 Å². The van der Waals surface area contributed by atoms with Crippen LogP contribution in [0.3, 0.4) is 0 Å². The molecule has 0 aliphatic heterocycles. The van der Waals surface area contributed by atoms with E-state index in [4.69, 9.17) is 0 Å². The molecule has 1 unspecified atom stereocenters. The van der Waals surface area contributed by atoms with Crippen molar-refractivity contribution in [1.82, 2.24) is 5.32 Å². The molecule has 2 heteroatoms. The van der Waals surface area contributed by atoms with Gasteiger partial charge in [-0.1, -0.05) is 12.2 Å². The van der Waals surface area contributed by atoms with Crippen molar-refractivity contribution in [2.75, 3.05) is 6.54 Å². The lowest BCUT2D eigenvalue weighted by Crippen LogP contribution is -2.44. The summed E-state index contributed by atoms with van der Waals surface area (Å²) in [6.45, 7) is 12.0. The molecular weight excluding hydrogens is 138 g/mol. The van der Waals surface area contributed by atoms with Crippen LogP contribution in [-0.2, 0) is 0 Å². The lowest BCUT2D eigenvalue weighted by atomic mass is 10.0. The monoisotopic (exact) mass is 157 g/mol. The predicted octanol–water partition coefficient (Wildman–Crippen LogP) is 1.31. The van der Waals surface area contributed by atoms with E-state index >= 15 is 0 Å². The van der Waals surface area contributed by atoms with Crippen LogP contribution in [0.1, 0.15) is 27.7 Å². The van der Waals surface area contributed by atoms with Gasteiger partial charge in [0.15, 0.2) is 0 Å². The van der Waals surface area contributed by atoms with Crippen LogP contribution in [-0.4, -0.2) is 23.3 Å². The molecule has 0 aliphatic rings. The summed E-state index contributed by atoms with van der Waals surface area (Å²) in [6.07, 6.45) is 0. The molecule has 0 aromatic heterocycles. The minimum absolute atomic E-state index is 0.0965. The molecule has 0 aliphatic carbocycles. The first-order valence-corrected chi connectivity index (χ1v) is 3.94. The minimum atomic E-state index is -0.657. The highest BCUT2D eigenvalue weighted by Gasteiger charge is 2.20. The molecule has 0 fully saturated rings. The van der Waals surface area contributed by atoms with E-state index < -0.39 is 5.60 Å². The fourth-order valence-electron chi connectivity index (χ4n) is 0.577. The molecule has 2 nitrogen and oxygen atoms in total. The first kappa shape index (κ1) is 10.7. The summed E-state index contributed by atoms with van der Waals surface area (Å²) < 4.78 is 0. The Hall–Kier alpha value is -0.340. The average Bonchev–Trinajstić information content (AvgIpc) is 1.80. The Bertz CT molecular complexity index is 135. The highest BCUT2D eigenvalue weighted by molar-refractivity contribution is 4.93. The van der Waals surface area contributed by atoms with E-state index in [1.54, 1.807) is 13.8 Å². The Morgan fingerprint density at radius 2 is 2.09 bits per heavy atom. The predicted molar refractivity (Wildman–Crippen MR) is 48.6 cm³/mol. The molecule has 0 spiro atoms. The van der Waals surface area contributed by atoms with Gasteiger partial charge in [0.2, 0.25) is 0 Å². The fraction of sp³-hybridized carbons (Fsp3) is 0.778. The maximum Gasteiger partial charge on any atom is 0.0741 e. The van der Waals surface area contributed by atoms with Gasteiger partial charge in [0.25, 0.3) is 0 Å². The van der Waals surface area contributed by atoms with Crippen LogP contribution in [0.5, 0.6) is 0 Å². The van der Waals surface area contributed by atoms with Crippen LogP contribution in [0.15, 0.2) is 12.2 Å². The SMILES string of the molecule is C=C(C)CNC(C)C(C)(C)O. The molecule has 0 saturated heterocycles. The number of nitrogens with one attached hydrogen (secondary N) is 1. The van der Waals surface area contributed by atoms with E-state index in [1.807, 2.05) is 13.8 Å². The van der Waals surface area contributed by atoms with Gasteiger partial charge in [0.05, 0.1) is 5.60 Å². The topological polar surface area (TPSA) is 32.3 Å². The van der Waals surface area contributed by atoms with Crippen LogP contribution < -0.4 is 5.32 Å². The number of hydrogen-bond acceptors (Lipinski definition) is 2. The quantitative estimate of drug-likeness (QED) is 0.603. The third-order valence-corrected chi connectivity index (χ3v) is 1.77. The van der Waals surface area contributed by atoms with Crippen molar-refractivity contribution in [3.63, 3.8) is 0 Å².